The van der Waals surface area contributed by atoms with Crippen molar-refractivity contribution in [3.05, 3.63) is 143 Å². The molecule has 1 spiro atoms. The molecule has 5 heteroatoms. The largest absolute Gasteiger partial charge is 0.358 e. The zero-order valence-electron chi connectivity index (χ0n) is 22.8. The maximum atomic E-state index is 14.9. The van der Waals surface area contributed by atoms with Gasteiger partial charge in [0.05, 0.1) is 12.0 Å². The van der Waals surface area contributed by atoms with Crippen molar-refractivity contribution in [1.29, 1.82) is 0 Å². The van der Waals surface area contributed by atoms with Gasteiger partial charge in [-0.2, -0.15) is 0 Å². The van der Waals surface area contributed by atoms with E-state index >= 15 is 0 Å². The second-order valence-corrected chi connectivity index (χ2v) is 11.1. The molecule has 3 aliphatic heterocycles. The lowest BCUT2D eigenvalue weighted by molar-refractivity contribution is -0.122. The lowest BCUT2D eigenvalue weighted by Crippen LogP contribution is -2.49. The number of amides is 1. The van der Waals surface area contributed by atoms with Crippen LogP contribution < -0.4 is 5.32 Å². The molecule has 1 fully saturated rings. The molecule has 0 radical (unpaired) electrons. The first-order valence-electron chi connectivity index (χ1n) is 14.2. The SMILES string of the molecule is CCCc1ccc(C(=O)[C@@H]2[C@H](C(=O)c3ccccc3)N3C=Cc4ccccc4[C@@H]3[C@]23C(=O)Nc2ccccc23)cc1. The molecule has 4 aromatic carbocycles. The standard InChI is InChI=1S/C36H30N2O3/c1-2-10-23-17-19-26(20-18-23)32(39)30-31(33(40)25-12-4-3-5-13-25)38-22-21-24-11-6-7-14-27(24)34(38)36(30)28-15-8-9-16-29(28)37-35(36)41/h3-9,11-22,30-31,34H,2,10H2,1H3,(H,37,41)/t30-,31+,34+,36+/m0/s1. The summed E-state index contributed by atoms with van der Waals surface area (Å²) < 4.78 is 0. The second-order valence-electron chi connectivity index (χ2n) is 11.1. The molecule has 202 valence electrons. The van der Waals surface area contributed by atoms with Crippen LogP contribution in [0.3, 0.4) is 0 Å². The highest BCUT2D eigenvalue weighted by atomic mass is 16.2. The molecule has 0 aromatic heterocycles. The number of anilines is 1. The van der Waals surface area contributed by atoms with Crippen LogP contribution in [0, 0.1) is 5.92 Å². The molecular weight excluding hydrogens is 508 g/mol. The fraction of sp³-hybridized carbons (Fsp3) is 0.194. The van der Waals surface area contributed by atoms with Crippen molar-refractivity contribution in [1.82, 2.24) is 4.90 Å². The van der Waals surface area contributed by atoms with Gasteiger partial charge in [0.15, 0.2) is 11.6 Å². The van der Waals surface area contributed by atoms with Crippen LogP contribution >= 0.6 is 0 Å². The number of nitrogens with zero attached hydrogens (tertiary/aromatic N) is 1. The monoisotopic (exact) mass is 538 g/mol. The normalized spacial score (nSPS) is 23.6. The number of carbonyl (C=O) groups excluding carboxylic acids is 3. The maximum absolute atomic E-state index is 14.9. The molecule has 3 aliphatic rings. The van der Waals surface area contributed by atoms with Gasteiger partial charge in [0.25, 0.3) is 0 Å². The lowest BCUT2D eigenvalue weighted by Gasteiger charge is -2.38. The molecule has 1 saturated heterocycles. The zero-order chi connectivity index (χ0) is 28.1. The number of nitrogens with one attached hydrogen (secondary N) is 1. The highest BCUT2D eigenvalue weighted by Crippen LogP contribution is 2.62. The Kier molecular flexibility index (Phi) is 5.97. The third-order valence-electron chi connectivity index (χ3n) is 8.96. The zero-order valence-corrected chi connectivity index (χ0v) is 22.8. The van der Waals surface area contributed by atoms with E-state index in [2.05, 4.69) is 12.2 Å². The molecule has 3 heterocycles. The molecule has 1 amide bonds. The Morgan fingerprint density at radius 1 is 0.805 bits per heavy atom. The predicted octanol–water partition coefficient (Wildman–Crippen LogP) is 6.62. The first kappa shape index (κ1) is 25.2. The Labute approximate surface area is 239 Å². The molecule has 0 unspecified atom stereocenters. The molecule has 1 N–H and O–H groups in total. The van der Waals surface area contributed by atoms with Gasteiger partial charge in [-0.3, -0.25) is 14.4 Å². The number of hydrogen-bond donors (Lipinski definition) is 1. The number of carbonyl (C=O) groups is 3. The average Bonchev–Trinajstić information content (AvgIpc) is 3.49. The van der Waals surface area contributed by atoms with Gasteiger partial charge in [-0.25, -0.2) is 0 Å². The smallest absolute Gasteiger partial charge is 0.238 e. The minimum Gasteiger partial charge on any atom is -0.358 e. The minimum atomic E-state index is -1.31. The summed E-state index contributed by atoms with van der Waals surface area (Å²) in [4.78, 5) is 45.8. The highest BCUT2D eigenvalue weighted by molar-refractivity contribution is 6.16. The van der Waals surface area contributed by atoms with Crippen molar-refractivity contribution in [2.75, 3.05) is 5.32 Å². The van der Waals surface area contributed by atoms with Crippen molar-refractivity contribution < 1.29 is 14.4 Å². The van der Waals surface area contributed by atoms with E-state index in [1.165, 1.54) is 0 Å². The molecule has 41 heavy (non-hydrogen) atoms. The number of ketones is 2. The van der Waals surface area contributed by atoms with Crippen molar-refractivity contribution in [3.8, 4) is 0 Å². The third-order valence-corrected chi connectivity index (χ3v) is 8.96. The van der Waals surface area contributed by atoms with Gasteiger partial charge in [0.2, 0.25) is 5.91 Å². The Hall–Kier alpha value is -4.77. The van der Waals surface area contributed by atoms with Gasteiger partial charge in [-0.15, -0.1) is 0 Å². The summed E-state index contributed by atoms with van der Waals surface area (Å²) in [5.74, 6) is -1.58. The number of hydrogen-bond acceptors (Lipinski definition) is 4. The van der Waals surface area contributed by atoms with E-state index in [1.807, 2.05) is 108 Å². The molecule has 0 saturated carbocycles. The first-order chi connectivity index (χ1) is 20.1. The summed E-state index contributed by atoms with van der Waals surface area (Å²) in [5.41, 5.74) is 4.22. The average molecular weight is 539 g/mol. The van der Waals surface area contributed by atoms with Gasteiger partial charge >= 0.3 is 0 Å². The third kappa shape index (κ3) is 3.65. The highest BCUT2D eigenvalue weighted by Gasteiger charge is 2.70. The van der Waals surface area contributed by atoms with E-state index in [1.54, 1.807) is 12.1 Å². The number of para-hydroxylation sites is 1. The first-order valence-corrected chi connectivity index (χ1v) is 14.2. The Morgan fingerprint density at radius 3 is 2.27 bits per heavy atom. The summed E-state index contributed by atoms with van der Waals surface area (Å²) >= 11 is 0. The molecule has 7 rings (SSSR count). The fourth-order valence-electron chi connectivity index (χ4n) is 7.24. The second kappa shape index (κ2) is 9.70. The minimum absolute atomic E-state index is 0.172. The molecule has 5 nitrogen and oxygen atoms in total. The number of rotatable bonds is 6. The number of fused-ring (bicyclic) bond motifs is 6. The number of aryl methyl sites for hydroxylation is 1. The summed E-state index contributed by atoms with van der Waals surface area (Å²) in [6.07, 6.45) is 5.82. The van der Waals surface area contributed by atoms with Gasteiger partial charge < -0.3 is 10.2 Å². The molecule has 0 aliphatic carbocycles. The topological polar surface area (TPSA) is 66.5 Å². The van der Waals surface area contributed by atoms with Crippen molar-refractivity contribution in [3.63, 3.8) is 0 Å². The van der Waals surface area contributed by atoms with Crippen LogP contribution in [-0.4, -0.2) is 28.4 Å². The van der Waals surface area contributed by atoms with Crippen LogP contribution in [0.5, 0.6) is 0 Å². The van der Waals surface area contributed by atoms with E-state index in [-0.39, 0.29) is 17.5 Å². The van der Waals surface area contributed by atoms with Crippen LogP contribution in [-0.2, 0) is 16.6 Å². The molecule has 4 aromatic rings. The summed E-state index contributed by atoms with van der Waals surface area (Å²) in [7, 11) is 0. The summed E-state index contributed by atoms with van der Waals surface area (Å²) in [6.45, 7) is 2.12. The van der Waals surface area contributed by atoms with Crippen molar-refractivity contribution in [2.24, 2.45) is 5.92 Å². The summed E-state index contributed by atoms with van der Waals surface area (Å²) in [5, 5.41) is 3.10. The van der Waals surface area contributed by atoms with E-state index in [9.17, 15) is 14.4 Å². The van der Waals surface area contributed by atoms with Crippen molar-refractivity contribution >= 4 is 29.2 Å². The number of benzene rings is 4. The van der Waals surface area contributed by atoms with E-state index in [4.69, 9.17) is 0 Å². The Balaban J connectivity index is 1.50. The Bertz CT molecular complexity index is 1710. The van der Waals surface area contributed by atoms with Crippen LogP contribution in [0.4, 0.5) is 5.69 Å². The summed E-state index contributed by atoms with van der Waals surface area (Å²) in [6, 6.07) is 30.9. The van der Waals surface area contributed by atoms with Gasteiger partial charge in [0, 0.05) is 23.0 Å². The lowest BCUT2D eigenvalue weighted by atomic mass is 9.62. The van der Waals surface area contributed by atoms with Crippen molar-refractivity contribution in [2.45, 2.75) is 37.3 Å². The van der Waals surface area contributed by atoms with Crippen LogP contribution in [0.2, 0.25) is 0 Å². The fourth-order valence-corrected chi connectivity index (χ4v) is 7.24. The molecule has 0 bridgehead atoms. The number of Topliss-reactive ketones (excluding diaryl/α,β-unsaturated/α-hetero) is 2. The van der Waals surface area contributed by atoms with Crippen LogP contribution in [0.25, 0.3) is 6.08 Å². The van der Waals surface area contributed by atoms with Gasteiger partial charge in [-0.05, 0) is 40.8 Å². The maximum Gasteiger partial charge on any atom is 0.238 e. The van der Waals surface area contributed by atoms with E-state index in [0.717, 1.165) is 35.1 Å². The Morgan fingerprint density at radius 2 is 1.49 bits per heavy atom. The predicted molar refractivity (Wildman–Crippen MR) is 160 cm³/mol. The van der Waals surface area contributed by atoms with Crippen LogP contribution in [0.15, 0.2) is 109 Å². The van der Waals surface area contributed by atoms with Gasteiger partial charge in [-0.1, -0.05) is 110 Å². The van der Waals surface area contributed by atoms with Crippen LogP contribution in [0.1, 0.15) is 62.4 Å². The quantitative estimate of drug-likeness (QED) is 0.280. The van der Waals surface area contributed by atoms with Gasteiger partial charge in [0.1, 0.15) is 11.5 Å². The molecule has 4 atom stereocenters. The van der Waals surface area contributed by atoms with E-state index < -0.39 is 23.4 Å². The molecular formula is C36H30N2O3. The van der Waals surface area contributed by atoms with E-state index in [0.29, 0.717) is 16.8 Å².